The predicted octanol–water partition coefficient (Wildman–Crippen LogP) is 0.956. The lowest BCUT2D eigenvalue weighted by molar-refractivity contribution is 0.0947. The van der Waals surface area contributed by atoms with Gasteiger partial charge < -0.3 is 9.47 Å². The fourth-order valence-corrected chi connectivity index (χ4v) is 1.31. The highest BCUT2D eigenvalue weighted by molar-refractivity contribution is 4.92. The van der Waals surface area contributed by atoms with Crippen molar-refractivity contribution in [2.45, 2.75) is 24.9 Å². The molecule has 1 atom stereocenters. The van der Waals surface area contributed by atoms with Crippen molar-refractivity contribution in [1.82, 2.24) is 0 Å². The van der Waals surface area contributed by atoms with Gasteiger partial charge in [-0.3, -0.25) is 0 Å². The molecule has 2 aliphatic rings. The molecular formula is C7H12O2. The second-order valence-electron chi connectivity index (χ2n) is 2.98. The normalized spacial score (nSPS) is 42.7. The molecule has 2 fully saturated rings. The summed E-state index contributed by atoms with van der Waals surface area (Å²) in [6.45, 7) is 2.71. The van der Waals surface area contributed by atoms with Crippen LogP contribution in [0.1, 0.15) is 19.3 Å². The van der Waals surface area contributed by atoms with E-state index in [1.165, 1.54) is 19.3 Å². The van der Waals surface area contributed by atoms with E-state index in [2.05, 4.69) is 0 Å². The lowest BCUT2D eigenvalue weighted by Gasteiger charge is -2.04. The van der Waals surface area contributed by atoms with Gasteiger partial charge in [0, 0.05) is 6.61 Å². The van der Waals surface area contributed by atoms with E-state index < -0.39 is 0 Å². The highest BCUT2D eigenvalue weighted by atomic mass is 16.6. The van der Waals surface area contributed by atoms with Crippen molar-refractivity contribution in [3.63, 3.8) is 0 Å². The molecule has 0 bridgehead atoms. The zero-order valence-electron chi connectivity index (χ0n) is 5.56. The molecule has 52 valence electrons. The molecule has 2 heterocycles. The first-order valence-electron chi connectivity index (χ1n) is 3.63. The van der Waals surface area contributed by atoms with Gasteiger partial charge in [-0.25, -0.2) is 0 Å². The van der Waals surface area contributed by atoms with Crippen LogP contribution < -0.4 is 0 Å². The first-order chi connectivity index (χ1) is 4.41. The van der Waals surface area contributed by atoms with Crippen LogP contribution in [0, 0.1) is 0 Å². The third-order valence-corrected chi connectivity index (χ3v) is 2.09. The van der Waals surface area contributed by atoms with Crippen LogP contribution in [0.4, 0.5) is 0 Å². The molecule has 9 heavy (non-hydrogen) atoms. The minimum atomic E-state index is 0.191. The Balaban J connectivity index is 1.92. The summed E-state index contributed by atoms with van der Waals surface area (Å²) in [5, 5.41) is 0. The molecule has 1 unspecified atom stereocenters. The molecule has 0 aliphatic carbocycles. The second-order valence-corrected chi connectivity index (χ2v) is 2.98. The Kier molecular flexibility index (Phi) is 1.24. The molecule has 0 radical (unpaired) electrons. The van der Waals surface area contributed by atoms with E-state index >= 15 is 0 Å². The third-order valence-electron chi connectivity index (χ3n) is 2.09. The highest BCUT2D eigenvalue weighted by Gasteiger charge is 2.44. The Bertz CT molecular complexity index is 97.5. The molecule has 0 amide bonds. The maximum atomic E-state index is 5.35. The Morgan fingerprint density at radius 1 is 1.11 bits per heavy atom. The zero-order chi connectivity index (χ0) is 6.16. The summed E-state index contributed by atoms with van der Waals surface area (Å²) in [5.41, 5.74) is 0.191. The standard InChI is InChI=1S/C7H12O2/c1-2-4-8-5-7(3-1)6-9-7/h1-6H2. The summed E-state index contributed by atoms with van der Waals surface area (Å²) in [6, 6.07) is 0. The van der Waals surface area contributed by atoms with E-state index in [-0.39, 0.29) is 5.60 Å². The second kappa shape index (κ2) is 1.96. The Labute approximate surface area is 55.1 Å². The van der Waals surface area contributed by atoms with Crippen molar-refractivity contribution in [1.29, 1.82) is 0 Å². The van der Waals surface area contributed by atoms with Gasteiger partial charge in [0.1, 0.15) is 5.60 Å². The monoisotopic (exact) mass is 128 g/mol. The maximum absolute atomic E-state index is 5.35. The fraction of sp³-hybridized carbons (Fsp3) is 1.00. The largest absolute Gasteiger partial charge is 0.378 e. The predicted molar refractivity (Wildman–Crippen MR) is 33.4 cm³/mol. The van der Waals surface area contributed by atoms with E-state index in [1.54, 1.807) is 0 Å². The Morgan fingerprint density at radius 3 is 2.78 bits per heavy atom. The fourth-order valence-electron chi connectivity index (χ4n) is 1.31. The van der Waals surface area contributed by atoms with Crippen LogP contribution in [0.15, 0.2) is 0 Å². The van der Waals surface area contributed by atoms with Crippen LogP contribution in [-0.2, 0) is 9.47 Å². The van der Waals surface area contributed by atoms with Crippen molar-refractivity contribution in [3.8, 4) is 0 Å². The number of ether oxygens (including phenoxy) is 2. The van der Waals surface area contributed by atoms with Gasteiger partial charge in [-0.2, -0.15) is 0 Å². The molecular weight excluding hydrogens is 116 g/mol. The molecule has 2 saturated heterocycles. The van der Waals surface area contributed by atoms with Gasteiger partial charge in [0.2, 0.25) is 0 Å². The van der Waals surface area contributed by atoms with Gasteiger partial charge in [-0.05, 0) is 19.3 Å². The third kappa shape index (κ3) is 1.10. The van der Waals surface area contributed by atoms with Gasteiger partial charge in [0.15, 0.2) is 0 Å². The average Bonchev–Trinajstić information content (AvgIpc) is 2.64. The van der Waals surface area contributed by atoms with Crippen molar-refractivity contribution in [2.75, 3.05) is 19.8 Å². The Morgan fingerprint density at radius 2 is 2.00 bits per heavy atom. The van der Waals surface area contributed by atoms with E-state index in [9.17, 15) is 0 Å². The van der Waals surface area contributed by atoms with Crippen LogP contribution in [0.25, 0.3) is 0 Å². The van der Waals surface area contributed by atoms with Crippen LogP contribution >= 0.6 is 0 Å². The van der Waals surface area contributed by atoms with Crippen molar-refractivity contribution in [2.24, 2.45) is 0 Å². The van der Waals surface area contributed by atoms with E-state index in [0.29, 0.717) is 0 Å². The summed E-state index contributed by atoms with van der Waals surface area (Å²) in [7, 11) is 0. The molecule has 2 nitrogen and oxygen atoms in total. The topological polar surface area (TPSA) is 21.8 Å². The van der Waals surface area contributed by atoms with Gasteiger partial charge in [-0.15, -0.1) is 0 Å². The number of hydrogen-bond acceptors (Lipinski definition) is 2. The van der Waals surface area contributed by atoms with Gasteiger partial charge in [-0.1, -0.05) is 0 Å². The van der Waals surface area contributed by atoms with E-state index in [4.69, 9.17) is 9.47 Å². The summed E-state index contributed by atoms with van der Waals surface area (Å²) in [4.78, 5) is 0. The van der Waals surface area contributed by atoms with Crippen molar-refractivity contribution >= 4 is 0 Å². The van der Waals surface area contributed by atoms with Crippen LogP contribution in [0.3, 0.4) is 0 Å². The van der Waals surface area contributed by atoms with Crippen molar-refractivity contribution in [3.05, 3.63) is 0 Å². The lowest BCUT2D eigenvalue weighted by Crippen LogP contribution is -2.16. The van der Waals surface area contributed by atoms with Gasteiger partial charge >= 0.3 is 0 Å². The van der Waals surface area contributed by atoms with Crippen LogP contribution in [0.5, 0.6) is 0 Å². The molecule has 0 N–H and O–H groups in total. The summed E-state index contributed by atoms with van der Waals surface area (Å²) in [6.07, 6.45) is 3.71. The lowest BCUT2D eigenvalue weighted by atomic mass is 10.1. The smallest absolute Gasteiger partial charge is 0.115 e. The number of hydrogen-bond donors (Lipinski definition) is 0. The quantitative estimate of drug-likeness (QED) is 0.453. The van der Waals surface area contributed by atoms with Crippen LogP contribution in [0.2, 0.25) is 0 Å². The Hall–Kier alpha value is -0.0800. The summed E-state index contributed by atoms with van der Waals surface area (Å²) < 4.78 is 10.6. The van der Waals surface area contributed by atoms with E-state index in [1.807, 2.05) is 0 Å². The van der Waals surface area contributed by atoms with Crippen molar-refractivity contribution < 1.29 is 9.47 Å². The molecule has 2 aliphatic heterocycles. The molecule has 0 aromatic heterocycles. The number of rotatable bonds is 0. The molecule has 0 aromatic carbocycles. The van der Waals surface area contributed by atoms with Gasteiger partial charge in [0.25, 0.3) is 0 Å². The first-order valence-corrected chi connectivity index (χ1v) is 3.63. The van der Waals surface area contributed by atoms with Gasteiger partial charge in [0.05, 0.1) is 13.2 Å². The highest BCUT2D eigenvalue weighted by Crippen LogP contribution is 2.34. The molecule has 0 aromatic rings. The van der Waals surface area contributed by atoms with E-state index in [0.717, 1.165) is 19.8 Å². The molecule has 1 spiro atoms. The minimum absolute atomic E-state index is 0.191. The van der Waals surface area contributed by atoms with Crippen LogP contribution in [-0.4, -0.2) is 25.4 Å². The summed E-state index contributed by atoms with van der Waals surface area (Å²) >= 11 is 0. The first kappa shape index (κ1) is 5.69. The minimum Gasteiger partial charge on any atom is -0.378 e. The maximum Gasteiger partial charge on any atom is 0.115 e. The molecule has 2 rings (SSSR count). The molecule has 2 heteroatoms. The summed E-state index contributed by atoms with van der Waals surface area (Å²) in [5.74, 6) is 0. The molecule has 0 saturated carbocycles. The number of epoxide rings is 1. The SMILES string of the molecule is C1CCC2(COC1)CO2. The average molecular weight is 128 g/mol. The zero-order valence-corrected chi connectivity index (χ0v) is 5.56.